The van der Waals surface area contributed by atoms with E-state index in [4.69, 9.17) is 21.4 Å². The van der Waals surface area contributed by atoms with Gasteiger partial charge in [-0.05, 0) is 57.5 Å². The van der Waals surface area contributed by atoms with Crippen molar-refractivity contribution in [3.8, 4) is 0 Å². The van der Waals surface area contributed by atoms with E-state index in [0.29, 0.717) is 11.6 Å². The molecule has 2 saturated heterocycles. The van der Waals surface area contributed by atoms with Crippen molar-refractivity contribution in [2.45, 2.75) is 37.8 Å². The Bertz CT molecular complexity index is 1250. The second-order valence-electron chi connectivity index (χ2n) is 8.67. The molecule has 2 aliphatic heterocycles. The molecule has 4 aromatic rings. The van der Waals surface area contributed by atoms with Crippen molar-refractivity contribution in [1.82, 2.24) is 38.5 Å². The fourth-order valence-electron chi connectivity index (χ4n) is 5.36. The minimum absolute atomic E-state index is 0.218. The Morgan fingerprint density at radius 2 is 1.24 bits per heavy atom. The minimum atomic E-state index is 0.218. The summed E-state index contributed by atoms with van der Waals surface area (Å²) in [5, 5.41) is 0. The second kappa shape index (κ2) is 8.19. The number of nitrogen functional groups attached to an aromatic ring is 2. The molecule has 6 heterocycles. The first-order valence-electron chi connectivity index (χ1n) is 11.1. The van der Waals surface area contributed by atoms with Crippen LogP contribution < -0.4 is 11.5 Å². The van der Waals surface area contributed by atoms with Crippen LogP contribution in [0.2, 0.25) is 0 Å². The largest absolute Gasteiger partial charge is 0.382 e. The normalized spacial score (nSPS) is 22.2. The van der Waals surface area contributed by atoms with Crippen molar-refractivity contribution in [2.24, 2.45) is 0 Å². The highest BCUT2D eigenvalue weighted by molar-refractivity contribution is 9.10. The third kappa shape index (κ3) is 3.42. The first-order valence-corrected chi connectivity index (χ1v) is 12.7. The average Bonchev–Trinajstić information content (AvgIpc) is 3.56. The molecule has 33 heavy (non-hydrogen) atoms. The van der Waals surface area contributed by atoms with Crippen LogP contribution in [0.5, 0.6) is 0 Å². The number of hydrogen-bond acceptors (Lipinski definition) is 8. The van der Waals surface area contributed by atoms with Crippen molar-refractivity contribution in [2.75, 3.05) is 31.2 Å². The molecule has 0 aliphatic carbocycles. The standard InChI is InChI=1S/C21H24Br2N10/c22-16-14-18(24)26-5-9-32(14)20(28-16)12-3-1-7-30(12)11-31-8-2-4-13(31)21-29-17(23)15-19(25)27-6-10-33(15)21/h5-6,9-10,12-13H,1-4,7-8,11H2,(H2,24,26)(H2,25,27). The van der Waals surface area contributed by atoms with E-state index in [2.05, 4.69) is 60.4 Å². The van der Waals surface area contributed by atoms with E-state index in [1.807, 2.05) is 12.4 Å². The molecule has 0 amide bonds. The molecule has 4 aromatic heterocycles. The van der Waals surface area contributed by atoms with Crippen molar-refractivity contribution < 1.29 is 0 Å². The molecule has 172 valence electrons. The van der Waals surface area contributed by atoms with Gasteiger partial charge in [0.05, 0.1) is 18.8 Å². The fraction of sp³-hybridized carbons (Fsp3) is 0.429. The Labute approximate surface area is 207 Å². The van der Waals surface area contributed by atoms with E-state index in [1.165, 1.54) is 0 Å². The zero-order valence-electron chi connectivity index (χ0n) is 17.9. The van der Waals surface area contributed by atoms with E-state index in [0.717, 1.165) is 77.3 Å². The first kappa shape index (κ1) is 21.3. The molecular formula is C21H24Br2N10. The molecule has 10 nitrogen and oxygen atoms in total. The predicted molar refractivity (Wildman–Crippen MR) is 132 cm³/mol. The van der Waals surface area contributed by atoms with Gasteiger partial charge in [0.1, 0.15) is 31.9 Å². The molecule has 12 heteroatoms. The highest BCUT2D eigenvalue weighted by Crippen LogP contribution is 2.38. The number of likely N-dealkylation sites (tertiary alicyclic amines) is 2. The first-order chi connectivity index (χ1) is 16.0. The summed E-state index contributed by atoms with van der Waals surface area (Å²) >= 11 is 7.17. The number of rotatable bonds is 4. The van der Waals surface area contributed by atoms with E-state index < -0.39 is 0 Å². The maximum absolute atomic E-state index is 6.13. The van der Waals surface area contributed by atoms with Gasteiger partial charge in [-0.25, -0.2) is 19.9 Å². The number of hydrogen-bond donors (Lipinski definition) is 2. The lowest BCUT2D eigenvalue weighted by Gasteiger charge is -2.31. The highest BCUT2D eigenvalue weighted by Gasteiger charge is 2.36. The van der Waals surface area contributed by atoms with Crippen LogP contribution in [-0.2, 0) is 0 Å². The molecule has 0 aromatic carbocycles. The molecule has 4 N–H and O–H groups in total. The number of nitrogens with zero attached hydrogens (tertiary/aromatic N) is 8. The summed E-state index contributed by atoms with van der Waals surface area (Å²) in [4.78, 5) is 23.2. The lowest BCUT2D eigenvalue weighted by atomic mass is 10.2. The Hall–Kier alpha value is -2.28. The number of anilines is 2. The van der Waals surface area contributed by atoms with E-state index in [9.17, 15) is 0 Å². The fourth-order valence-corrected chi connectivity index (χ4v) is 6.52. The summed E-state index contributed by atoms with van der Waals surface area (Å²) in [6.07, 6.45) is 11.8. The van der Waals surface area contributed by atoms with Gasteiger partial charge in [0.2, 0.25) is 0 Å². The molecular weight excluding hydrogens is 552 g/mol. The maximum atomic E-state index is 6.13. The highest BCUT2D eigenvalue weighted by atomic mass is 79.9. The summed E-state index contributed by atoms with van der Waals surface area (Å²) in [7, 11) is 0. The Kier molecular flexibility index (Phi) is 5.28. The molecule has 2 aliphatic rings. The second-order valence-corrected chi connectivity index (χ2v) is 10.2. The number of fused-ring (bicyclic) bond motifs is 2. The van der Waals surface area contributed by atoms with Gasteiger partial charge < -0.3 is 11.5 Å². The van der Waals surface area contributed by atoms with Gasteiger partial charge >= 0.3 is 0 Å². The van der Waals surface area contributed by atoms with Gasteiger partial charge in [0.25, 0.3) is 0 Å². The minimum Gasteiger partial charge on any atom is -0.382 e. The summed E-state index contributed by atoms with van der Waals surface area (Å²) in [5.74, 6) is 2.98. The van der Waals surface area contributed by atoms with Gasteiger partial charge in [-0.2, -0.15) is 0 Å². The molecule has 2 unspecified atom stereocenters. The van der Waals surface area contributed by atoms with Crippen LogP contribution in [0.3, 0.4) is 0 Å². The molecule has 2 atom stereocenters. The quantitative estimate of drug-likeness (QED) is 0.380. The van der Waals surface area contributed by atoms with Crippen LogP contribution in [0.15, 0.2) is 34.0 Å². The van der Waals surface area contributed by atoms with Crippen LogP contribution >= 0.6 is 31.9 Å². The Morgan fingerprint density at radius 3 is 1.70 bits per heavy atom. The van der Waals surface area contributed by atoms with Gasteiger partial charge in [0.15, 0.2) is 11.6 Å². The third-order valence-corrected chi connectivity index (χ3v) is 7.93. The van der Waals surface area contributed by atoms with Crippen LogP contribution in [0.1, 0.15) is 49.4 Å². The van der Waals surface area contributed by atoms with Crippen LogP contribution in [0.4, 0.5) is 11.6 Å². The summed E-state index contributed by atoms with van der Waals surface area (Å²) in [5.41, 5.74) is 13.9. The van der Waals surface area contributed by atoms with Gasteiger partial charge in [0, 0.05) is 37.9 Å². The zero-order chi connectivity index (χ0) is 22.7. The van der Waals surface area contributed by atoms with Crippen molar-refractivity contribution in [1.29, 1.82) is 0 Å². The lowest BCUT2D eigenvalue weighted by Crippen LogP contribution is -2.38. The van der Waals surface area contributed by atoms with Gasteiger partial charge in [-0.15, -0.1) is 0 Å². The molecule has 2 fully saturated rings. The Balaban J connectivity index is 1.31. The molecule has 0 bridgehead atoms. The maximum Gasteiger partial charge on any atom is 0.150 e. The summed E-state index contributed by atoms with van der Waals surface area (Å²) in [6, 6.07) is 0.436. The van der Waals surface area contributed by atoms with Gasteiger partial charge in [-0.1, -0.05) is 0 Å². The zero-order valence-corrected chi connectivity index (χ0v) is 21.1. The average molecular weight is 576 g/mol. The molecule has 0 radical (unpaired) electrons. The van der Waals surface area contributed by atoms with E-state index in [-0.39, 0.29) is 12.1 Å². The molecule has 6 rings (SSSR count). The van der Waals surface area contributed by atoms with Crippen molar-refractivity contribution >= 4 is 54.5 Å². The molecule has 0 saturated carbocycles. The van der Waals surface area contributed by atoms with Crippen molar-refractivity contribution in [3.63, 3.8) is 0 Å². The van der Waals surface area contributed by atoms with Gasteiger partial charge in [-0.3, -0.25) is 18.6 Å². The number of aromatic nitrogens is 6. The van der Waals surface area contributed by atoms with Crippen LogP contribution in [0, 0.1) is 0 Å². The smallest absolute Gasteiger partial charge is 0.150 e. The molecule has 0 spiro atoms. The summed E-state index contributed by atoms with van der Waals surface area (Å²) in [6.45, 7) is 2.92. The number of imidazole rings is 2. The SMILES string of the molecule is Nc1nccn2c(C3CCCN3CN3CCCC3c3nc(Br)c4c(N)nccn34)nc(Br)c12. The number of nitrogens with two attached hydrogens (primary N) is 2. The van der Waals surface area contributed by atoms with E-state index >= 15 is 0 Å². The summed E-state index contributed by atoms with van der Waals surface area (Å²) < 4.78 is 5.64. The topological polar surface area (TPSA) is 119 Å². The third-order valence-electron chi connectivity index (χ3n) is 6.82. The Morgan fingerprint density at radius 1 is 0.788 bits per heavy atom. The predicted octanol–water partition coefficient (Wildman–Crippen LogP) is 3.39. The number of halogens is 2. The lowest BCUT2D eigenvalue weighted by molar-refractivity contribution is 0.104. The van der Waals surface area contributed by atoms with Crippen LogP contribution in [-0.4, -0.2) is 58.3 Å². The van der Waals surface area contributed by atoms with Crippen LogP contribution in [0.25, 0.3) is 11.0 Å². The monoisotopic (exact) mass is 574 g/mol. The van der Waals surface area contributed by atoms with E-state index in [1.54, 1.807) is 12.4 Å². The van der Waals surface area contributed by atoms with Crippen molar-refractivity contribution in [3.05, 3.63) is 45.6 Å².